The third-order valence-electron chi connectivity index (χ3n) is 2.78. The fourth-order valence-corrected chi connectivity index (χ4v) is 1.67. The SMILES string of the molecule is CC[C@H](CO)NCc1cnc2ccccc2n1. The molecule has 0 saturated heterocycles. The Kier molecular flexibility index (Phi) is 4.01. The zero-order chi connectivity index (χ0) is 12.1. The molecular formula is C13H17N3O. The highest BCUT2D eigenvalue weighted by Gasteiger charge is 2.04. The van der Waals surface area contributed by atoms with Crippen molar-refractivity contribution in [2.75, 3.05) is 6.61 Å². The Balaban J connectivity index is 2.09. The summed E-state index contributed by atoms with van der Waals surface area (Å²) in [5, 5.41) is 12.3. The van der Waals surface area contributed by atoms with Gasteiger partial charge < -0.3 is 10.4 Å². The van der Waals surface area contributed by atoms with Crippen molar-refractivity contribution in [1.82, 2.24) is 15.3 Å². The minimum Gasteiger partial charge on any atom is -0.395 e. The summed E-state index contributed by atoms with van der Waals surface area (Å²) in [5.41, 5.74) is 2.71. The second kappa shape index (κ2) is 5.70. The first-order valence-corrected chi connectivity index (χ1v) is 5.88. The first-order chi connectivity index (χ1) is 8.33. The third kappa shape index (κ3) is 2.99. The van der Waals surface area contributed by atoms with E-state index in [2.05, 4.69) is 15.3 Å². The molecule has 0 spiro atoms. The van der Waals surface area contributed by atoms with Crippen LogP contribution >= 0.6 is 0 Å². The number of benzene rings is 1. The normalized spacial score (nSPS) is 12.8. The van der Waals surface area contributed by atoms with Crippen molar-refractivity contribution in [3.63, 3.8) is 0 Å². The molecule has 1 aromatic carbocycles. The molecule has 0 amide bonds. The van der Waals surface area contributed by atoms with Crippen LogP contribution in [0, 0.1) is 0 Å². The molecule has 0 fully saturated rings. The summed E-state index contributed by atoms with van der Waals surface area (Å²) in [6.07, 6.45) is 2.68. The minimum absolute atomic E-state index is 0.128. The van der Waals surface area contributed by atoms with Gasteiger partial charge >= 0.3 is 0 Å². The van der Waals surface area contributed by atoms with Crippen molar-refractivity contribution < 1.29 is 5.11 Å². The van der Waals surface area contributed by atoms with Crippen molar-refractivity contribution in [3.05, 3.63) is 36.2 Å². The lowest BCUT2D eigenvalue weighted by Gasteiger charge is -2.13. The van der Waals surface area contributed by atoms with Crippen LogP contribution in [-0.2, 0) is 6.54 Å². The van der Waals surface area contributed by atoms with Crippen LogP contribution < -0.4 is 5.32 Å². The van der Waals surface area contributed by atoms with E-state index in [1.807, 2.05) is 31.2 Å². The molecule has 2 N–H and O–H groups in total. The van der Waals surface area contributed by atoms with Gasteiger partial charge in [-0.1, -0.05) is 19.1 Å². The lowest BCUT2D eigenvalue weighted by Crippen LogP contribution is -2.31. The van der Waals surface area contributed by atoms with Gasteiger partial charge in [-0.05, 0) is 18.6 Å². The fraction of sp³-hybridized carbons (Fsp3) is 0.385. The Morgan fingerprint density at radius 1 is 1.29 bits per heavy atom. The van der Waals surface area contributed by atoms with Crippen LogP contribution in [0.4, 0.5) is 0 Å². The zero-order valence-electron chi connectivity index (χ0n) is 9.93. The standard InChI is InChI=1S/C13H17N3O/c1-2-10(9-17)14-7-11-8-15-12-5-3-4-6-13(12)16-11/h3-6,8,10,14,17H,2,7,9H2,1H3/t10-/m1/s1. The molecule has 0 bridgehead atoms. The number of nitrogens with one attached hydrogen (secondary N) is 1. The van der Waals surface area contributed by atoms with Crippen molar-refractivity contribution in [2.24, 2.45) is 0 Å². The Bertz CT molecular complexity index is 483. The molecule has 2 aromatic rings. The Labute approximate surface area is 101 Å². The van der Waals surface area contributed by atoms with Crippen LogP contribution in [0.3, 0.4) is 0 Å². The number of nitrogens with zero attached hydrogens (tertiary/aromatic N) is 2. The summed E-state index contributed by atoms with van der Waals surface area (Å²) < 4.78 is 0. The summed E-state index contributed by atoms with van der Waals surface area (Å²) in [5.74, 6) is 0. The van der Waals surface area contributed by atoms with Gasteiger partial charge in [-0.15, -0.1) is 0 Å². The molecule has 0 aliphatic carbocycles. The van der Waals surface area contributed by atoms with Gasteiger partial charge in [-0.3, -0.25) is 4.98 Å². The molecule has 17 heavy (non-hydrogen) atoms. The van der Waals surface area contributed by atoms with E-state index in [1.165, 1.54) is 0 Å². The quantitative estimate of drug-likeness (QED) is 0.818. The van der Waals surface area contributed by atoms with Crippen molar-refractivity contribution in [1.29, 1.82) is 0 Å². The van der Waals surface area contributed by atoms with Gasteiger partial charge in [-0.2, -0.15) is 0 Å². The number of aliphatic hydroxyl groups is 1. The third-order valence-corrected chi connectivity index (χ3v) is 2.78. The summed E-state index contributed by atoms with van der Waals surface area (Å²) in [7, 11) is 0. The molecule has 1 aromatic heterocycles. The van der Waals surface area contributed by atoms with Gasteiger partial charge in [0.2, 0.25) is 0 Å². The lowest BCUT2D eigenvalue weighted by molar-refractivity contribution is 0.238. The van der Waals surface area contributed by atoms with Crippen LogP contribution in [0.25, 0.3) is 11.0 Å². The fourth-order valence-electron chi connectivity index (χ4n) is 1.67. The number of rotatable bonds is 5. The molecule has 1 atom stereocenters. The summed E-state index contributed by atoms with van der Waals surface area (Å²) in [6.45, 7) is 2.83. The second-order valence-electron chi connectivity index (χ2n) is 4.02. The van der Waals surface area contributed by atoms with E-state index in [-0.39, 0.29) is 12.6 Å². The van der Waals surface area contributed by atoms with Crippen LogP contribution in [-0.4, -0.2) is 27.7 Å². The predicted octanol–water partition coefficient (Wildman–Crippen LogP) is 1.49. The van der Waals surface area contributed by atoms with Gasteiger partial charge in [0.25, 0.3) is 0 Å². The molecule has 1 heterocycles. The number of aromatic nitrogens is 2. The average Bonchev–Trinajstić information content (AvgIpc) is 2.40. The smallest absolute Gasteiger partial charge is 0.0890 e. The van der Waals surface area contributed by atoms with E-state index in [9.17, 15) is 0 Å². The van der Waals surface area contributed by atoms with Gasteiger partial charge in [0, 0.05) is 12.6 Å². The van der Waals surface area contributed by atoms with E-state index in [1.54, 1.807) is 6.20 Å². The highest BCUT2D eigenvalue weighted by atomic mass is 16.3. The lowest BCUT2D eigenvalue weighted by atomic mass is 10.2. The molecule has 4 nitrogen and oxygen atoms in total. The maximum Gasteiger partial charge on any atom is 0.0890 e. The minimum atomic E-state index is 0.128. The van der Waals surface area contributed by atoms with E-state index in [4.69, 9.17) is 5.11 Å². The first-order valence-electron chi connectivity index (χ1n) is 5.88. The molecule has 4 heteroatoms. The van der Waals surface area contributed by atoms with Gasteiger partial charge in [0.05, 0.1) is 29.5 Å². The van der Waals surface area contributed by atoms with Crippen LogP contribution in [0.15, 0.2) is 30.5 Å². The van der Waals surface area contributed by atoms with Crippen LogP contribution in [0.5, 0.6) is 0 Å². The summed E-state index contributed by atoms with van der Waals surface area (Å²) in [6, 6.07) is 7.94. The number of fused-ring (bicyclic) bond motifs is 1. The van der Waals surface area contributed by atoms with Gasteiger partial charge in [-0.25, -0.2) is 4.98 Å². The zero-order valence-corrected chi connectivity index (χ0v) is 9.93. The number of para-hydroxylation sites is 2. The summed E-state index contributed by atoms with van der Waals surface area (Å²) in [4.78, 5) is 8.85. The molecule has 0 saturated carbocycles. The number of hydrogen-bond donors (Lipinski definition) is 2. The van der Waals surface area contributed by atoms with Gasteiger partial charge in [0.1, 0.15) is 0 Å². The van der Waals surface area contributed by atoms with E-state index < -0.39 is 0 Å². The Hall–Kier alpha value is -1.52. The Morgan fingerprint density at radius 2 is 2.06 bits per heavy atom. The number of hydrogen-bond acceptors (Lipinski definition) is 4. The van der Waals surface area contributed by atoms with Crippen LogP contribution in [0.1, 0.15) is 19.0 Å². The van der Waals surface area contributed by atoms with E-state index in [0.717, 1.165) is 23.1 Å². The Morgan fingerprint density at radius 3 is 2.76 bits per heavy atom. The van der Waals surface area contributed by atoms with E-state index >= 15 is 0 Å². The van der Waals surface area contributed by atoms with E-state index in [0.29, 0.717) is 6.54 Å². The molecular weight excluding hydrogens is 214 g/mol. The monoisotopic (exact) mass is 231 g/mol. The predicted molar refractivity (Wildman–Crippen MR) is 67.5 cm³/mol. The maximum atomic E-state index is 9.08. The second-order valence-corrected chi connectivity index (χ2v) is 4.02. The number of aliphatic hydroxyl groups excluding tert-OH is 1. The largest absolute Gasteiger partial charge is 0.395 e. The van der Waals surface area contributed by atoms with Crippen molar-refractivity contribution in [3.8, 4) is 0 Å². The molecule has 90 valence electrons. The molecule has 0 aliphatic heterocycles. The highest BCUT2D eigenvalue weighted by molar-refractivity contribution is 5.73. The molecule has 0 unspecified atom stereocenters. The van der Waals surface area contributed by atoms with Crippen molar-refractivity contribution >= 4 is 11.0 Å². The average molecular weight is 231 g/mol. The van der Waals surface area contributed by atoms with Crippen LogP contribution in [0.2, 0.25) is 0 Å². The molecule has 0 aliphatic rings. The highest BCUT2D eigenvalue weighted by Crippen LogP contribution is 2.08. The maximum absolute atomic E-state index is 9.08. The molecule has 0 radical (unpaired) electrons. The topological polar surface area (TPSA) is 58.0 Å². The van der Waals surface area contributed by atoms with Crippen molar-refractivity contribution in [2.45, 2.75) is 25.9 Å². The summed E-state index contributed by atoms with van der Waals surface area (Å²) >= 11 is 0. The molecule has 2 rings (SSSR count). The van der Waals surface area contributed by atoms with Gasteiger partial charge in [0.15, 0.2) is 0 Å². The first kappa shape index (κ1) is 12.0.